The highest BCUT2D eigenvalue weighted by atomic mass is 32.2. The van der Waals surface area contributed by atoms with E-state index < -0.39 is 0 Å². The Hall–Kier alpha value is -2.60. The van der Waals surface area contributed by atoms with Gasteiger partial charge < -0.3 is 4.74 Å². The van der Waals surface area contributed by atoms with Crippen molar-refractivity contribution in [2.24, 2.45) is 4.99 Å². The Kier molecular flexibility index (Phi) is 4.28. The second-order valence-electron chi connectivity index (χ2n) is 6.12. The van der Waals surface area contributed by atoms with Crippen LogP contribution in [-0.4, -0.2) is 21.9 Å². The van der Waals surface area contributed by atoms with Gasteiger partial charge in [0.05, 0.1) is 28.8 Å². The normalized spacial score (nSPS) is 16.2. The van der Waals surface area contributed by atoms with Gasteiger partial charge in [0.1, 0.15) is 11.6 Å². The summed E-state index contributed by atoms with van der Waals surface area (Å²) in [4.78, 5) is 4.72. The number of benzene rings is 2. The summed E-state index contributed by atoms with van der Waals surface area (Å²) in [5, 5.41) is 5.70. The molecule has 1 aromatic heterocycles. The molecule has 132 valence electrons. The minimum Gasteiger partial charge on any atom is -0.497 e. The predicted octanol–water partition coefficient (Wildman–Crippen LogP) is 5.21. The molecule has 2 aromatic carbocycles. The number of aryl methyl sites for hydroxylation is 1. The fraction of sp³-hybridized carbons (Fsp3) is 0.200. The summed E-state index contributed by atoms with van der Waals surface area (Å²) >= 11 is 1.70. The third-order valence-corrected chi connectivity index (χ3v) is 5.54. The number of thioether (sulfide) groups is 1. The van der Waals surface area contributed by atoms with Gasteiger partial charge in [-0.25, -0.2) is 14.1 Å². The van der Waals surface area contributed by atoms with Crippen molar-refractivity contribution >= 4 is 22.6 Å². The van der Waals surface area contributed by atoms with Crippen molar-refractivity contribution in [1.29, 1.82) is 0 Å². The number of fused-ring (bicyclic) bond motifs is 1. The molecule has 0 saturated carbocycles. The summed E-state index contributed by atoms with van der Waals surface area (Å²) in [6, 6.07) is 14.5. The van der Waals surface area contributed by atoms with Crippen LogP contribution in [0.15, 0.2) is 53.5 Å². The van der Waals surface area contributed by atoms with Crippen LogP contribution in [0.1, 0.15) is 29.0 Å². The quantitative estimate of drug-likeness (QED) is 0.637. The Morgan fingerprint density at radius 3 is 2.58 bits per heavy atom. The van der Waals surface area contributed by atoms with Crippen LogP contribution >= 0.6 is 11.8 Å². The zero-order valence-corrected chi connectivity index (χ0v) is 15.5. The van der Waals surface area contributed by atoms with Crippen LogP contribution in [0.4, 0.5) is 10.2 Å². The standard InChI is InChI=1S/C20H18FN3OS/c1-12-18-19(14-7-9-17(25-3)10-8-14)26-13(2)22-20(18)24(23-12)16-6-4-5-15(21)11-16/h4-11,19H,1-3H3/t19-/m1/s1. The maximum atomic E-state index is 13.7. The highest BCUT2D eigenvalue weighted by molar-refractivity contribution is 8.14. The molecule has 3 aromatic rings. The van der Waals surface area contributed by atoms with E-state index in [0.717, 1.165) is 33.4 Å². The average Bonchev–Trinajstić information content (AvgIpc) is 2.97. The van der Waals surface area contributed by atoms with Gasteiger partial charge in [-0.1, -0.05) is 30.0 Å². The van der Waals surface area contributed by atoms with Crippen molar-refractivity contribution in [3.8, 4) is 11.4 Å². The fourth-order valence-corrected chi connectivity index (χ4v) is 4.32. The largest absolute Gasteiger partial charge is 0.497 e. The number of methoxy groups -OCH3 is 1. The van der Waals surface area contributed by atoms with E-state index in [1.54, 1.807) is 29.6 Å². The molecule has 4 rings (SSSR count). The number of halogens is 1. The molecule has 1 aliphatic heterocycles. The minimum absolute atomic E-state index is 0.0933. The predicted molar refractivity (Wildman–Crippen MR) is 103 cm³/mol. The van der Waals surface area contributed by atoms with E-state index in [9.17, 15) is 4.39 Å². The number of aromatic nitrogens is 2. The molecule has 1 aliphatic rings. The first-order chi connectivity index (χ1) is 12.6. The lowest BCUT2D eigenvalue weighted by molar-refractivity contribution is 0.414. The van der Waals surface area contributed by atoms with Gasteiger partial charge in [0.2, 0.25) is 0 Å². The second-order valence-corrected chi connectivity index (χ2v) is 7.41. The van der Waals surface area contributed by atoms with E-state index in [1.807, 2.05) is 32.0 Å². The smallest absolute Gasteiger partial charge is 0.161 e. The van der Waals surface area contributed by atoms with Crippen molar-refractivity contribution in [2.45, 2.75) is 19.1 Å². The van der Waals surface area contributed by atoms with Crippen LogP contribution in [0.25, 0.3) is 5.69 Å². The third kappa shape index (κ3) is 2.90. The maximum absolute atomic E-state index is 13.7. The van der Waals surface area contributed by atoms with Crippen LogP contribution in [0.2, 0.25) is 0 Å². The Morgan fingerprint density at radius 1 is 1.12 bits per heavy atom. The number of ether oxygens (including phenoxy) is 1. The molecule has 0 radical (unpaired) electrons. The molecule has 6 heteroatoms. The third-order valence-electron chi connectivity index (χ3n) is 4.37. The van der Waals surface area contributed by atoms with E-state index in [4.69, 9.17) is 9.73 Å². The topological polar surface area (TPSA) is 39.4 Å². The first-order valence-electron chi connectivity index (χ1n) is 8.28. The van der Waals surface area contributed by atoms with Gasteiger partial charge in [-0.2, -0.15) is 5.10 Å². The minimum atomic E-state index is -0.290. The summed E-state index contributed by atoms with van der Waals surface area (Å²) in [5.41, 5.74) is 3.79. The van der Waals surface area contributed by atoms with Gasteiger partial charge in [-0.3, -0.25) is 0 Å². The maximum Gasteiger partial charge on any atom is 0.161 e. The molecular weight excluding hydrogens is 349 g/mol. The number of rotatable bonds is 3. The molecule has 0 bridgehead atoms. The van der Waals surface area contributed by atoms with E-state index in [1.165, 1.54) is 12.1 Å². The molecular formula is C20H18FN3OS. The van der Waals surface area contributed by atoms with Crippen molar-refractivity contribution in [2.75, 3.05) is 7.11 Å². The lowest BCUT2D eigenvalue weighted by Gasteiger charge is -2.22. The van der Waals surface area contributed by atoms with E-state index in [-0.39, 0.29) is 11.1 Å². The summed E-state index contributed by atoms with van der Waals surface area (Å²) in [5.74, 6) is 1.31. The van der Waals surface area contributed by atoms with Crippen LogP contribution in [0, 0.1) is 12.7 Å². The molecule has 26 heavy (non-hydrogen) atoms. The van der Waals surface area contributed by atoms with E-state index >= 15 is 0 Å². The molecule has 0 unspecified atom stereocenters. The SMILES string of the molecule is COc1ccc([C@H]2SC(C)=Nc3c2c(C)nn3-c2cccc(F)c2)cc1. The Balaban J connectivity index is 1.85. The van der Waals surface area contributed by atoms with Crippen LogP contribution in [-0.2, 0) is 0 Å². The highest BCUT2D eigenvalue weighted by Crippen LogP contribution is 2.47. The van der Waals surface area contributed by atoms with Gasteiger partial charge in [0, 0.05) is 5.56 Å². The van der Waals surface area contributed by atoms with Crippen LogP contribution in [0.5, 0.6) is 5.75 Å². The summed E-state index contributed by atoms with van der Waals surface area (Å²) in [7, 11) is 1.66. The summed E-state index contributed by atoms with van der Waals surface area (Å²) in [6.45, 7) is 3.96. The Labute approximate surface area is 155 Å². The summed E-state index contributed by atoms with van der Waals surface area (Å²) < 4.78 is 20.7. The van der Waals surface area contributed by atoms with Crippen LogP contribution in [0.3, 0.4) is 0 Å². The van der Waals surface area contributed by atoms with Crippen molar-refractivity contribution in [1.82, 2.24) is 9.78 Å². The van der Waals surface area contributed by atoms with Gasteiger partial charge in [0.25, 0.3) is 0 Å². The van der Waals surface area contributed by atoms with Crippen molar-refractivity contribution in [3.63, 3.8) is 0 Å². The zero-order chi connectivity index (χ0) is 18.3. The molecule has 0 fully saturated rings. The molecule has 1 atom stereocenters. The fourth-order valence-electron chi connectivity index (χ4n) is 3.15. The zero-order valence-electron chi connectivity index (χ0n) is 14.7. The Morgan fingerprint density at radius 2 is 1.88 bits per heavy atom. The monoisotopic (exact) mass is 367 g/mol. The number of nitrogens with zero attached hydrogens (tertiary/aromatic N) is 3. The van der Waals surface area contributed by atoms with Gasteiger partial charge >= 0.3 is 0 Å². The number of hydrogen-bond acceptors (Lipinski definition) is 4. The molecule has 0 aliphatic carbocycles. The van der Waals surface area contributed by atoms with Gasteiger partial charge in [-0.15, -0.1) is 0 Å². The first kappa shape index (κ1) is 16.8. The Bertz CT molecular complexity index is 995. The summed E-state index contributed by atoms with van der Waals surface area (Å²) in [6.07, 6.45) is 0. The molecule has 0 N–H and O–H groups in total. The highest BCUT2D eigenvalue weighted by Gasteiger charge is 2.30. The van der Waals surface area contributed by atoms with Crippen molar-refractivity contribution in [3.05, 3.63) is 71.2 Å². The molecule has 4 nitrogen and oxygen atoms in total. The van der Waals surface area contributed by atoms with Gasteiger partial charge in [-0.05, 0) is 49.7 Å². The molecule has 0 spiro atoms. The van der Waals surface area contributed by atoms with E-state index in [2.05, 4.69) is 17.2 Å². The molecule has 0 amide bonds. The first-order valence-corrected chi connectivity index (χ1v) is 9.16. The van der Waals surface area contributed by atoms with Gasteiger partial charge in [0.15, 0.2) is 5.82 Å². The number of aliphatic imine (C=N–C) groups is 1. The second kappa shape index (κ2) is 6.61. The van der Waals surface area contributed by atoms with Crippen molar-refractivity contribution < 1.29 is 9.13 Å². The lowest BCUT2D eigenvalue weighted by Crippen LogP contribution is -2.06. The lowest BCUT2D eigenvalue weighted by atomic mass is 10.0. The molecule has 0 saturated heterocycles. The number of hydrogen-bond donors (Lipinski definition) is 0. The molecule has 2 heterocycles. The average molecular weight is 367 g/mol. The van der Waals surface area contributed by atoms with Crippen LogP contribution < -0.4 is 4.74 Å². The van der Waals surface area contributed by atoms with E-state index in [0.29, 0.717) is 5.69 Å².